The molecule has 4 rings (SSSR count). The smallest absolute Gasteiger partial charge is 0.229 e. The summed E-state index contributed by atoms with van der Waals surface area (Å²) in [5, 5.41) is 15.4. The molecule has 0 amide bonds. The highest BCUT2D eigenvalue weighted by Crippen LogP contribution is 2.22. The summed E-state index contributed by atoms with van der Waals surface area (Å²) in [5.41, 5.74) is 3.67. The van der Waals surface area contributed by atoms with Gasteiger partial charge in [0.1, 0.15) is 5.82 Å². The second kappa shape index (κ2) is 8.59. The number of rotatable bonds is 5. The first kappa shape index (κ1) is 18.7. The molecule has 1 saturated heterocycles. The van der Waals surface area contributed by atoms with Crippen LogP contribution in [0.2, 0.25) is 0 Å². The zero-order chi connectivity index (χ0) is 20.1. The van der Waals surface area contributed by atoms with E-state index in [0.717, 1.165) is 37.6 Å². The Labute approximate surface area is 170 Å². The van der Waals surface area contributed by atoms with Gasteiger partial charge in [-0.05, 0) is 61.6 Å². The number of anilines is 5. The van der Waals surface area contributed by atoms with Crippen LogP contribution in [0.25, 0.3) is 0 Å². The largest absolute Gasteiger partial charge is 0.369 e. The Morgan fingerprint density at radius 3 is 2.21 bits per heavy atom. The molecule has 0 unspecified atom stereocenters. The quantitative estimate of drug-likeness (QED) is 0.695. The Balaban J connectivity index is 1.40. The number of nitriles is 1. The van der Waals surface area contributed by atoms with Crippen molar-refractivity contribution in [1.29, 1.82) is 5.26 Å². The number of aromatic nitrogens is 2. The Bertz CT molecular complexity index is 985. The van der Waals surface area contributed by atoms with E-state index in [1.165, 1.54) is 5.69 Å². The van der Waals surface area contributed by atoms with E-state index in [1.807, 2.05) is 12.1 Å². The number of nitrogens with one attached hydrogen (secondary N) is 2. The van der Waals surface area contributed by atoms with E-state index in [4.69, 9.17) is 5.26 Å². The number of hydrogen-bond donors (Lipinski definition) is 2. The van der Waals surface area contributed by atoms with Gasteiger partial charge < -0.3 is 20.4 Å². The van der Waals surface area contributed by atoms with Crippen molar-refractivity contribution < 1.29 is 0 Å². The average molecular weight is 385 g/mol. The van der Waals surface area contributed by atoms with E-state index < -0.39 is 0 Å². The van der Waals surface area contributed by atoms with Crippen LogP contribution in [0.15, 0.2) is 60.8 Å². The summed E-state index contributed by atoms with van der Waals surface area (Å²) in [4.78, 5) is 13.6. The van der Waals surface area contributed by atoms with Crippen molar-refractivity contribution in [3.63, 3.8) is 0 Å². The van der Waals surface area contributed by atoms with Gasteiger partial charge in [-0.2, -0.15) is 10.2 Å². The molecular weight excluding hydrogens is 362 g/mol. The summed E-state index contributed by atoms with van der Waals surface area (Å²) < 4.78 is 0. The summed E-state index contributed by atoms with van der Waals surface area (Å²) in [6, 6.07) is 19.5. The molecule has 146 valence electrons. The third-order valence-electron chi connectivity index (χ3n) is 4.93. The summed E-state index contributed by atoms with van der Waals surface area (Å²) in [6.07, 6.45) is 1.71. The molecule has 2 N–H and O–H groups in total. The van der Waals surface area contributed by atoms with E-state index in [-0.39, 0.29) is 0 Å². The predicted octanol–water partition coefficient (Wildman–Crippen LogP) is 3.59. The standard InChI is InChI=1S/C22H23N7/c1-28-12-14-29(15-13-28)20-8-6-19(7-9-20)26-22-24-11-10-21(27-22)25-18-4-2-17(16-23)3-5-18/h2-11H,12-15H2,1H3,(H2,24,25,26,27). The fourth-order valence-corrected chi connectivity index (χ4v) is 3.21. The number of likely N-dealkylation sites (N-methyl/N-ethyl adjacent to an activating group) is 1. The fourth-order valence-electron chi connectivity index (χ4n) is 3.21. The third kappa shape index (κ3) is 4.81. The minimum Gasteiger partial charge on any atom is -0.369 e. The van der Waals surface area contributed by atoms with Crippen molar-refractivity contribution in [2.24, 2.45) is 0 Å². The molecule has 3 aromatic rings. The lowest BCUT2D eigenvalue weighted by atomic mass is 10.2. The lowest BCUT2D eigenvalue weighted by molar-refractivity contribution is 0.313. The first-order chi connectivity index (χ1) is 14.2. The average Bonchev–Trinajstić information content (AvgIpc) is 2.76. The van der Waals surface area contributed by atoms with E-state index >= 15 is 0 Å². The van der Waals surface area contributed by atoms with Gasteiger partial charge in [-0.3, -0.25) is 0 Å². The molecule has 7 nitrogen and oxygen atoms in total. The van der Waals surface area contributed by atoms with Crippen LogP contribution in [0.4, 0.5) is 28.8 Å². The van der Waals surface area contributed by atoms with Gasteiger partial charge in [0, 0.05) is 49.4 Å². The second-order valence-electron chi connectivity index (χ2n) is 7.04. The van der Waals surface area contributed by atoms with Crippen LogP contribution in [-0.2, 0) is 0 Å². The molecule has 2 heterocycles. The molecule has 0 saturated carbocycles. The predicted molar refractivity (Wildman–Crippen MR) is 116 cm³/mol. The highest BCUT2D eigenvalue weighted by atomic mass is 15.2. The first-order valence-electron chi connectivity index (χ1n) is 9.60. The van der Waals surface area contributed by atoms with Gasteiger partial charge >= 0.3 is 0 Å². The topological polar surface area (TPSA) is 80.1 Å². The molecule has 0 atom stereocenters. The lowest BCUT2D eigenvalue weighted by Gasteiger charge is -2.34. The van der Waals surface area contributed by atoms with E-state index in [2.05, 4.69) is 67.8 Å². The van der Waals surface area contributed by atoms with Gasteiger partial charge in [0.25, 0.3) is 0 Å². The van der Waals surface area contributed by atoms with Crippen molar-refractivity contribution in [3.8, 4) is 6.07 Å². The maximum Gasteiger partial charge on any atom is 0.229 e. The van der Waals surface area contributed by atoms with Gasteiger partial charge in [-0.15, -0.1) is 0 Å². The van der Waals surface area contributed by atoms with Crippen molar-refractivity contribution in [2.45, 2.75) is 0 Å². The summed E-state index contributed by atoms with van der Waals surface area (Å²) in [6.45, 7) is 4.28. The molecular formula is C22H23N7. The van der Waals surface area contributed by atoms with Gasteiger partial charge in [0.2, 0.25) is 5.95 Å². The molecule has 1 fully saturated rings. The summed E-state index contributed by atoms with van der Waals surface area (Å²) >= 11 is 0. The van der Waals surface area contributed by atoms with Crippen LogP contribution in [-0.4, -0.2) is 48.1 Å². The normalized spacial score (nSPS) is 14.3. The highest BCUT2D eigenvalue weighted by Gasteiger charge is 2.14. The van der Waals surface area contributed by atoms with Crippen LogP contribution < -0.4 is 15.5 Å². The number of piperazine rings is 1. The second-order valence-corrected chi connectivity index (χ2v) is 7.04. The van der Waals surface area contributed by atoms with E-state index in [0.29, 0.717) is 17.3 Å². The van der Waals surface area contributed by atoms with Crippen LogP contribution >= 0.6 is 0 Å². The molecule has 0 radical (unpaired) electrons. The summed E-state index contributed by atoms with van der Waals surface area (Å²) in [5.74, 6) is 1.21. The molecule has 7 heteroatoms. The van der Waals surface area contributed by atoms with Crippen LogP contribution in [0.5, 0.6) is 0 Å². The van der Waals surface area contributed by atoms with Crippen molar-refractivity contribution in [2.75, 3.05) is 48.8 Å². The monoisotopic (exact) mass is 385 g/mol. The van der Waals surface area contributed by atoms with Gasteiger partial charge in [-0.25, -0.2) is 4.98 Å². The minimum absolute atomic E-state index is 0.524. The third-order valence-corrected chi connectivity index (χ3v) is 4.93. The van der Waals surface area contributed by atoms with Crippen molar-refractivity contribution >= 4 is 28.8 Å². The Morgan fingerprint density at radius 1 is 0.862 bits per heavy atom. The molecule has 0 aliphatic carbocycles. The Kier molecular flexibility index (Phi) is 5.54. The SMILES string of the molecule is CN1CCN(c2ccc(Nc3nccc(Nc4ccc(C#N)cc4)n3)cc2)CC1. The number of nitrogens with zero attached hydrogens (tertiary/aromatic N) is 5. The number of hydrogen-bond acceptors (Lipinski definition) is 7. The highest BCUT2D eigenvalue weighted by molar-refractivity contribution is 5.62. The van der Waals surface area contributed by atoms with Gasteiger partial charge in [0.05, 0.1) is 11.6 Å². The number of benzene rings is 2. The molecule has 1 aliphatic heterocycles. The molecule has 2 aromatic carbocycles. The van der Waals surface area contributed by atoms with E-state index in [9.17, 15) is 0 Å². The fraction of sp³-hybridized carbons (Fsp3) is 0.227. The minimum atomic E-state index is 0.524. The first-order valence-corrected chi connectivity index (χ1v) is 9.60. The van der Waals surface area contributed by atoms with Crippen molar-refractivity contribution in [1.82, 2.24) is 14.9 Å². The van der Waals surface area contributed by atoms with Crippen LogP contribution in [0.1, 0.15) is 5.56 Å². The maximum atomic E-state index is 8.89. The van der Waals surface area contributed by atoms with Crippen LogP contribution in [0.3, 0.4) is 0 Å². The van der Waals surface area contributed by atoms with Crippen LogP contribution in [0, 0.1) is 11.3 Å². The van der Waals surface area contributed by atoms with Gasteiger partial charge in [0.15, 0.2) is 0 Å². The molecule has 0 bridgehead atoms. The zero-order valence-electron chi connectivity index (χ0n) is 16.3. The van der Waals surface area contributed by atoms with E-state index in [1.54, 1.807) is 24.4 Å². The molecule has 0 spiro atoms. The molecule has 1 aliphatic rings. The maximum absolute atomic E-state index is 8.89. The summed E-state index contributed by atoms with van der Waals surface area (Å²) in [7, 11) is 2.16. The van der Waals surface area contributed by atoms with Crippen molar-refractivity contribution in [3.05, 3.63) is 66.4 Å². The Hall–Kier alpha value is -3.63. The zero-order valence-corrected chi connectivity index (χ0v) is 16.3. The van der Waals surface area contributed by atoms with Gasteiger partial charge in [-0.1, -0.05) is 0 Å². The molecule has 29 heavy (non-hydrogen) atoms. The molecule has 1 aromatic heterocycles. The Morgan fingerprint density at radius 2 is 1.52 bits per heavy atom. The lowest BCUT2D eigenvalue weighted by Crippen LogP contribution is -2.44.